The zero-order valence-corrected chi connectivity index (χ0v) is 13.2. The third-order valence-corrected chi connectivity index (χ3v) is 4.47. The van der Waals surface area contributed by atoms with Gasteiger partial charge in [0.25, 0.3) is 0 Å². The lowest BCUT2D eigenvalue weighted by Gasteiger charge is -2.29. The topological polar surface area (TPSA) is 52.3 Å². The monoisotopic (exact) mass is 281 g/mol. The molecule has 0 aliphatic heterocycles. The van der Waals surface area contributed by atoms with Crippen LogP contribution in [0, 0.1) is 5.41 Å². The maximum atomic E-state index is 12.3. The van der Waals surface area contributed by atoms with Crippen LogP contribution < -0.4 is 5.73 Å². The molecule has 19 heavy (non-hydrogen) atoms. The minimum atomic E-state index is -0.480. The lowest BCUT2D eigenvalue weighted by molar-refractivity contribution is 0.00695. The first-order chi connectivity index (χ1) is 8.59. The summed E-state index contributed by atoms with van der Waals surface area (Å²) in [5.41, 5.74) is 7.61. The van der Waals surface area contributed by atoms with Crippen LogP contribution in [0.2, 0.25) is 0 Å². The van der Waals surface area contributed by atoms with Crippen LogP contribution in [-0.2, 0) is 17.6 Å². The second kappa shape index (κ2) is 4.51. The quantitative estimate of drug-likeness (QED) is 0.797. The van der Waals surface area contributed by atoms with E-state index >= 15 is 0 Å². The molecule has 1 heterocycles. The summed E-state index contributed by atoms with van der Waals surface area (Å²) in [4.78, 5) is 13.5. The second-order valence-corrected chi connectivity index (χ2v) is 8.22. The van der Waals surface area contributed by atoms with Crippen molar-refractivity contribution in [1.82, 2.24) is 0 Å². The van der Waals surface area contributed by atoms with Gasteiger partial charge in [-0.05, 0) is 51.0 Å². The van der Waals surface area contributed by atoms with E-state index in [4.69, 9.17) is 10.5 Å². The molecule has 1 aliphatic rings. The molecule has 0 unspecified atom stereocenters. The number of nitrogen functional groups attached to an aromatic ring is 1. The van der Waals surface area contributed by atoms with Gasteiger partial charge in [0.2, 0.25) is 0 Å². The van der Waals surface area contributed by atoms with E-state index in [0.29, 0.717) is 16.0 Å². The van der Waals surface area contributed by atoms with Crippen LogP contribution >= 0.6 is 11.3 Å². The van der Waals surface area contributed by atoms with Gasteiger partial charge in [0.05, 0.1) is 5.56 Å². The summed E-state index contributed by atoms with van der Waals surface area (Å²) in [7, 11) is 0. The third kappa shape index (κ3) is 3.11. The fourth-order valence-corrected chi connectivity index (χ4v) is 3.84. The third-order valence-electron chi connectivity index (χ3n) is 3.41. The van der Waals surface area contributed by atoms with Gasteiger partial charge < -0.3 is 10.5 Å². The molecule has 1 aromatic heterocycles. The molecular weight excluding hydrogens is 258 g/mol. The molecule has 1 aliphatic carbocycles. The fraction of sp³-hybridized carbons (Fsp3) is 0.667. The molecule has 4 heteroatoms. The molecular formula is C15H23NO2S. The summed E-state index contributed by atoms with van der Waals surface area (Å²) < 4.78 is 5.47. The molecule has 3 nitrogen and oxygen atoms in total. The van der Waals surface area contributed by atoms with Gasteiger partial charge in [-0.15, -0.1) is 11.3 Å². The average Bonchev–Trinajstić information content (AvgIpc) is 2.48. The molecule has 2 rings (SSSR count). The molecule has 0 fully saturated rings. The van der Waals surface area contributed by atoms with Gasteiger partial charge in [-0.2, -0.15) is 0 Å². The van der Waals surface area contributed by atoms with Crippen LogP contribution in [0.5, 0.6) is 0 Å². The summed E-state index contributed by atoms with van der Waals surface area (Å²) in [6.07, 6.45) is 3.01. The van der Waals surface area contributed by atoms with Crippen molar-refractivity contribution in [3.05, 3.63) is 16.0 Å². The van der Waals surface area contributed by atoms with Crippen LogP contribution in [0.15, 0.2) is 0 Å². The molecule has 1 aromatic rings. The van der Waals surface area contributed by atoms with Crippen molar-refractivity contribution >= 4 is 22.3 Å². The Hall–Kier alpha value is -1.03. The van der Waals surface area contributed by atoms with E-state index in [9.17, 15) is 4.79 Å². The highest BCUT2D eigenvalue weighted by Gasteiger charge is 2.33. The number of nitrogens with two attached hydrogens (primary N) is 1. The summed E-state index contributed by atoms with van der Waals surface area (Å²) in [5, 5.41) is 0.608. The van der Waals surface area contributed by atoms with Gasteiger partial charge in [-0.1, -0.05) is 13.8 Å². The first-order valence-corrected chi connectivity index (χ1v) is 7.54. The predicted molar refractivity (Wildman–Crippen MR) is 79.7 cm³/mol. The molecule has 0 saturated heterocycles. The highest BCUT2D eigenvalue weighted by atomic mass is 32.1. The van der Waals surface area contributed by atoms with E-state index < -0.39 is 5.60 Å². The van der Waals surface area contributed by atoms with E-state index in [0.717, 1.165) is 24.8 Å². The minimum Gasteiger partial charge on any atom is -0.456 e. The Balaban J connectivity index is 2.34. The van der Waals surface area contributed by atoms with E-state index in [1.165, 1.54) is 4.88 Å². The highest BCUT2D eigenvalue weighted by Crippen LogP contribution is 2.43. The number of hydrogen-bond acceptors (Lipinski definition) is 4. The van der Waals surface area contributed by atoms with Gasteiger partial charge in [0, 0.05) is 4.88 Å². The number of thiophene rings is 1. The molecule has 2 N–H and O–H groups in total. The van der Waals surface area contributed by atoms with Crippen molar-refractivity contribution < 1.29 is 9.53 Å². The van der Waals surface area contributed by atoms with Crippen LogP contribution in [0.3, 0.4) is 0 Å². The normalized spacial score (nSPS) is 17.9. The molecule has 0 bridgehead atoms. The number of anilines is 1. The van der Waals surface area contributed by atoms with Crippen LogP contribution in [0.4, 0.5) is 5.00 Å². The lowest BCUT2D eigenvalue weighted by Crippen LogP contribution is -2.26. The van der Waals surface area contributed by atoms with Gasteiger partial charge >= 0.3 is 5.97 Å². The SMILES string of the molecule is CC1(C)CCc2c(sc(N)c2C(=O)OC(C)(C)C)C1. The van der Waals surface area contributed by atoms with Gasteiger partial charge in [-0.25, -0.2) is 4.79 Å². The van der Waals surface area contributed by atoms with Crippen molar-refractivity contribution in [2.75, 3.05) is 5.73 Å². The van der Waals surface area contributed by atoms with Crippen molar-refractivity contribution in [2.45, 2.75) is 59.5 Å². The van der Waals surface area contributed by atoms with Crippen LogP contribution in [-0.4, -0.2) is 11.6 Å². The smallest absolute Gasteiger partial charge is 0.341 e. The summed E-state index contributed by atoms with van der Waals surface area (Å²) in [6, 6.07) is 0. The van der Waals surface area contributed by atoms with Crippen LogP contribution in [0.25, 0.3) is 0 Å². The minimum absolute atomic E-state index is 0.276. The van der Waals surface area contributed by atoms with Gasteiger partial charge in [0.1, 0.15) is 10.6 Å². The number of esters is 1. The Bertz CT molecular complexity index is 509. The maximum absolute atomic E-state index is 12.3. The molecule has 0 spiro atoms. The number of carbonyl (C=O) groups is 1. The molecule has 0 amide bonds. The van der Waals surface area contributed by atoms with Crippen molar-refractivity contribution in [3.8, 4) is 0 Å². The predicted octanol–water partition coefficient (Wildman–Crippen LogP) is 3.80. The highest BCUT2D eigenvalue weighted by molar-refractivity contribution is 7.16. The number of hydrogen-bond donors (Lipinski definition) is 1. The van der Waals surface area contributed by atoms with Crippen molar-refractivity contribution in [2.24, 2.45) is 5.41 Å². The molecule has 0 atom stereocenters. The van der Waals surface area contributed by atoms with E-state index in [1.54, 1.807) is 11.3 Å². The second-order valence-electron chi connectivity index (χ2n) is 7.09. The summed E-state index contributed by atoms with van der Waals surface area (Å²) in [6.45, 7) is 10.2. The molecule has 0 radical (unpaired) electrons. The van der Waals surface area contributed by atoms with Crippen molar-refractivity contribution in [3.63, 3.8) is 0 Å². The number of rotatable bonds is 1. The zero-order chi connectivity index (χ0) is 14.4. The summed E-state index contributed by atoms with van der Waals surface area (Å²) in [5.74, 6) is -0.276. The lowest BCUT2D eigenvalue weighted by atomic mass is 9.77. The molecule has 0 saturated carbocycles. The Kier molecular flexibility index (Phi) is 3.42. The van der Waals surface area contributed by atoms with Gasteiger partial charge in [-0.3, -0.25) is 0 Å². The van der Waals surface area contributed by atoms with Gasteiger partial charge in [0.15, 0.2) is 0 Å². The van der Waals surface area contributed by atoms with E-state index in [-0.39, 0.29) is 5.97 Å². The first kappa shape index (κ1) is 14.4. The Morgan fingerprint density at radius 1 is 1.37 bits per heavy atom. The average molecular weight is 281 g/mol. The Labute approximate surface area is 119 Å². The molecule has 0 aromatic carbocycles. The van der Waals surface area contributed by atoms with Crippen molar-refractivity contribution in [1.29, 1.82) is 0 Å². The molecule has 106 valence electrons. The fourth-order valence-electron chi connectivity index (χ4n) is 2.48. The maximum Gasteiger partial charge on any atom is 0.341 e. The van der Waals surface area contributed by atoms with Crippen LogP contribution in [0.1, 0.15) is 61.8 Å². The summed E-state index contributed by atoms with van der Waals surface area (Å²) >= 11 is 1.55. The standard InChI is InChI=1S/C15H23NO2S/c1-14(2,3)18-13(17)11-9-6-7-15(4,5)8-10(9)19-12(11)16/h6-8,16H2,1-5H3. The largest absolute Gasteiger partial charge is 0.456 e. The number of fused-ring (bicyclic) bond motifs is 1. The Morgan fingerprint density at radius 3 is 2.58 bits per heavy atom. The van der Waals surface area contributed by atoms with E-state index in [1.807, 2.05) is 20.8 Å². The first-order valence-electron chi connectivity index (χ1n) is 6.72. The number of carbonyl (C=O) groups excluding carboxylic acids is 1. The number of ether oxygens (including phenoxy) is 1. The zero-order valence-electron chi connectivity index (χ0n) is 12.4. The van der Waals surface area contributed by atoms with E-state index in [2.05, 4.69) is 13.8 Å². The Morgan fingerprint density at radius 2 is 2.00 bits per heavy atom.